The molecule has 2 atom stereocenters. The van der Waals surface area contributed by atoms with Gasteiger partial charge in [-0.05, 0) is 6.92 Å². The molecule has 1 aliphatic rings. The highest BCUT2D eigenvalue weighted by atomic mass is 16.5. The lowest BCUT2D eigenvalue weighted by atomic mass is 10.0. The number of hydrogen-bond donors (Lipinski definition) is 2. The Morgan fingerprint density at radius 3 is 2.95 bits per heavy atom. The number of nitrogens with one attached hydrogen (secondary N) is 1. The number of methoxy groups -OCH3 is 1. The van der Waals surface area contributed by atoms with Gasteiger partial charge in [-0.25, -0.2) is 9.97 Å². The number of aryl methyl sites for hydroxylation is 1. The van der Waals surface area contributed by atoms with Crippen molar-refractivity contribution >= 4 is 11.7 Å². The number of rotatable bonds is 4. The zero-order valence-electron chi connectivity index (χ0n) is 12.0. The molecule has 20 heavy (non-hydrogen) atoms. The Labute approximate surface area is 118 Å². The number of aliphatic hydroxyl groups is 1. The molecule has 1 aromatic rings. The van der Waals surface area contributed by atoms with Crippen LogP contribution in [0.5, 0.6) is 5.75 Å². The van der Waals surface area contributed by atoms with Crippen LogP contribution in [-0.4, -0.2) is 54.3 Å². The van der Waals surface area contributed by atoms with Gasteiger partial charge in [0.05, 0.1) is 18.9 Å². The van der Waals surface area contributed by atoms with Crippen molar-refractivity contribution in [3.8, 4) is 5.75 Å². The Balaban J connectivity index is 2.16. The van der Waals surface area contributed by atoms with Crippen molar-refractivity contribution < 1.29 is 14.6 Å². The zero-order chi connectivity index (χ0) is 14.7. The normalized spacial score (nSPS) is 21.9. The smallest absolute Gasteiger partial charge is 0.220 e. The summed E-state index contributed by atoms with van der Waals surface area (Å²) in [6.45, 7) is 2.86. The average Bonchev–Trinajstić information content (AvgIpc) is 2.79. The van der Waals surface area contributed by atoms with Crippen LogP contribution in [0.4, 0.5) is 5.82 Å². The third kappa shape index (κ3) is 2.82. The van der Waals surface area contributed by atoms with Crippen LogP contribution in [0.25, 0.3) is 0 Å². The predicted octanol–water partition coefficient (Wildman–Crippen LogP) is -0.273. The molecule has 1 aliphatic heterocycles. The second-order valence-corrected chi connectivity index (χ2v) is 4.93. The molecule has 0 aliphatic carbocycles. The number of carbonyl (C=O) groups excluding carboxylic acids is 1. The van der Waals surface area contributed by atoms with E-state index in [1.165, 1.54) is 6.33 Å². The van der Waals surface area contributed by atoms with Crippen molar-refractivity contribution in [1.82, 2.24) is 15.3 Å². The number of aliphatic hydroxyl groups excluding tert-OH is 1. The fraction of sp³-hybridized carbons (Fsp3) is 0.615. The first kappa shape index (κ1) is 14.5. The summed E-state index contributed by atoms with van der Waals surface area (Å²) >= 11 is 0. The summed E-state index contributed by atoms with van der Waals surface area (Å²) in [5, 5.41) is 12.7. The zero-order valence-corrected chi connectivity index (χ0v) is 12.0. The van der Waals surface area contributed by atoms with E-state index < -0.39 is 6.10 Å². The molecule has 7 nitrogen and oxygen atoms in total. The molecule has 0 spiro atoms. The van der Waals surface area contributed by atoms with Crippen molar-refractivity contribution in [2.45, 2.75) is 19.4 Å². The van der Waals surface area contributed by atoms with E-state index >= 15 is 0 Å². The first-order valence-corrected chi connectivity index (χ1v) is 6.56. The molecule has 2 rings (SSSR count). The number of β-amino-alcohol motifs (C(OH)–C–C–N with tert-alkyl or cyclic N) is 1. The van der Waals surface area contributed by atoms with E-state index in [9.17, 15) is 9.90 Å². The lowest BCUT2D eigenvalue weighted by Gasteiger charge is -2.20. The van der Waals surface area contributed by atoms with E-state index in [0.717, 1.165) is 5.69 Å². The van der Waals surface area contributed by atoms with Crippen LogP contribution in [0.3, 0.4) is 0 Å². The first-order valence-electron chi connectivity index (χ1n) is 6.56. The van der Waals surface area contributed by atoms with Crippen LogP contribution in [0.1, 0.15) is 12.1 Å². The van der Waals surface area contributed by atoms with E-state index in [1.807, 2.05) is 11.8 Å². The van der Waals surface area contributed by atoms with Crippen molar-refractivity contribution in [3.05, 3.63) is 12.0 Å². The molecule has 0 saturated carbocycles. The van der Waals surface area contributed by atoms with Gasteiger partial charge in [0.15, 0.2) is 11.6 Å². The molecule has 1 fully saturated rings. The Hall–Kier alpha value is -1.89. The second-order valence-electron chi connectivity index (χ2n) is 4.93. The summed E-state index contributed by atoms with van der Waals surface area (Å²) in [6.07, 6.45) is 1.24. The summed E-state index contributed by atoms with van der Waals surface area (Å²) in [4.78, 5) is 21.7. The average molecular weight is 280 g/mol. The second kappa shape index (κ2) is 6.04. The molecular weight excluding hydrogens is 260 g/mol. The number of ether oxygens (including phenoxy) is 1. The number of nitrogens with zero attached hydrogens (tertiary/aromatic N) is 3. The monoisotopic (exact) mass is 280 g/mol. The molecule has 1 saturated heterocycles. The van der Waals surface area contributed by atoms with E-state index in [-0.39, 0.29) is 11.8 Å². The molecule has 2 N–H and O–H groups in total. The van der Waals surface area contributed by atoms with Gasteiger partial charge < -0.3 is 20.1 Å². The third-order valence-corrected chi connectivity index (χ3v) is 3.60. The van der Waals surface area contributed by atoms with E-state index in [4.69, 9.17) is 4.74 Å². The number of anilines is 1. The predicted molar refractivity (Wildman–Crippen MR) is 73.7 cm³/mol. The highest BCUT2D eigenvalue weighted by Gasteiger charge is 2.34. The third-order valence-electron chi connectivity index (χ3n) is 3.60. The van der Waals surface area contributed by atoms with Gasteiger partial charge >= 0.3 is 0 Å². The van der Waals surface area contributed by atoms with Crippen LogP contribution >= 0.6 is 0 Å². The molecule has 0 aromatic carbocycles. The Bertz CT molecular complexity index is 495. The Morgan fingerprint density at radius 2 is 2.30 bits per heavy atom. The molecule has 0 bridgehead atoms. The van der Waals surface area contributed by atoms with Crippen LogP contribution < -0.4 is 15.0 Å². The number of carbonyl (C=O) groups is 1. The summed E-state index contributed by atoms with van der Waals surface area (Å²) in [7, 11) is 3.17. The standard InChI is InChI=1S/C13H20N4O3/c1-8-12(20-3)13(16-7-15-8)17-5-9(10(18)6-17)4-11(19)14-2/h7,9-10,18H,4-6H2,1-3H3,(H,14,19)/t9-,10-/m1/s1. The first-order chi connectivity index (χ1) is 9.56. The lowest BCUT2D eigenvalue weighted by molar-refractivity contribution is -0.122. The minimum absolute atomic E-state index is 0.0678. The Kier molecular flexibility index (Phi) is 4.39. The fourth-order valence-electron chi connectivity index (χ4n) is 2.48. The number of amides is 1. The van der Waals surface area contributed by atoms with Crippen molar-refractivity contribution in [2.75, 3.05) is 32.1 Å². The van der Waals surface area contributed by atoms with Gasteiger partial charge in [0.1, 0.15) is 6.33 Å². The molecular formula is C13H20N4O3. The molecule has 0 unspecified atom stereocenters. The summed E-state index contributed by atoms with van der Waals surface area (Å²) < 4.78 is 5.33. The molecule has 0 radical (unpaired) electrons. The van der Waals surface area contributed by atoms with Gasteiger partial charge in [-0.3, -0.25) is 4.79 Å². The van der Waals surface area contributed by atoms with Crippen LogP contribution in [0, 0.1) is 12.8 Å². The van der Waals surface area contributed by atoms with E-state index in [1.54, 1.807) is 14.2 Å². The van der Waals surface area contributed by atoms with Crippen LogP contribution in [0.15, 0.2) is 6.33 Å². The van der Waals surface area contributed by atoms with E-state index in [0.29, 0.717) is 31.1 Å². The molecule has 1 aromatic heterocycles. The molecule has 2 heterocycles. The quantitative estimate of drug-likeness (QED) is 0.789. The van der Waals surface area contributed by atoms with Gasteiger partial charge in [0, 0.05) is 32.5 Å². The van der Waals surface area contributed by atoms with Crippen molar-refractivity contribution in [1.29, 1.82) is 0 Å². The maximum absolute atomic E-state index is 11.4. The summed E-state index contributed by atoms with van der Waals surface area (Å²) in [5.41, 5.74) is 0.752. The summed E-state index contributed by atoms with van der Waals surface area (Å²) in [5.74, 6) is 1.11. The summed E-state index contributed by atoms with van der Waals surface area (Å²) in [6, 6.07) is 0. The fourth-order valence-corrected chi connectivity index (χ4v) is 2.48. The highest BCUT2D eigenvalue weighted by Crippen LogP contribution is 2.32. The number of hydrogen-bond acceptors (Lipinski definition) is 6. The van der Waals surface area contributed by atoms with Crippen LogP contribution in [-0.2, 0) is 4.79 Å². The largest absolute Gasteiger partial charge is 0.491 e. The minimum Gasteiger partial charge on any atom is -0.491 e. The van der Waals surface area contributed by atoms with Gasteiger partial charge in [-0.2, -0.15) is 0 Å². The van der Waals surface area contributed by atoms with Gasteiger partial charge in [-0.1, -0.05) is 0 Å². The lowest BCUT2D eigenvalue weighted by Crippen LogP contribution is -2.27. The van der Waals surface area contributed by atoms with Crippen molar-refractivity contribution in [3.63, 3.8) is 0 Å². The van der Waals surface area contributed by atoms with Gasteiger partial charge in [0.25, 0.3) is 0 Å². The number of aromatic nitrogens is 2. The SMILES string of the molecule is CNC(=O)C[C@@H]1CN(c2ncnc(C)c2OC)C[C@H]1O. The van der Waals surface area contributed by atoms with Crippen molar-refractivity contribution in [2.24, 2.45) is 5.92 Å². The van der Waals surface area contributed by atoms with Crippen LogP contribution in [0.2, 0.25) is 0 Å². The molecule has 7 heteroatoms. The maximum Gasteiger partial charge on any atom is 0.220 e. The van der Waals surface area contributed by atoms with Gasteiger partial charge in [0.2, 0.25) is 5.91 Å². The molecule has 110 valence electrons. The highest BCUT2D eigenvalue weighted by molar-refractivity contribution is 5.76. The minimum atomic E-state index is -0.549. The van der Waals surface area contributed by atoms with E-state index in [2.05, 4.69) is 15.3 Å². The topological polar surface area (TPSA) is 87.6 Å². The maximum atomic E-state index is 11.4. The van der Waals surface area contributed by atoms with Gasteiger partial charge in [-0.15, -0.1) is 0 Å². The Morgan fingerprint density at radius 1 is 1.55 bits per heavy atom. The molecule has 1 amide bonds.